The first-order valence-corrected chi connectivity index (χ1v) is 10.5. The van der Waals surface area contributed by atoms with Crippen LogP contribution in [0, 0.1) is 11.2 Å². The summed E-state index contributed by atoms with van der Waals surface area (Å²) in [6, 6.07) is 1.28. The van der Waals surface area contributed by atoms with E-state index in [1.165, 1.54) is 25.0 Å². The third-order valence-electron chi connectivity index (χ3n) is 7.25. The summed E-state index contributed by atoms with van der Waals surface area (Å²) in [5.74, 6) is -1.23. The minimum atomic E-state index is -0.618. The Balaban J connectivity index is 1.69. The van der Waals surface area contributed by atoms with Crippen molar-refractivity contribution in [2.75, 3.05) is 13.1 Å². The molecule has 2 heterocycles. The van der Waals surface area contributed by atoms with Gasteiger partial charge in [0, 0.05) is 35.7 Å². The van der Waals surface area contributed by atoms with Crippen molar-refractivity contribution in [1.29, 1.82) is 0 Å². The van der Waals surface area contributed by atoms with Crippen molar-refractivity contribution < 1.29 is 14.0 Å². The van der Waals surface area contributed by atoms with E-state index >= 15 is 4.39 Å². The highest BCUT2D eigenvalue weighted by Gasteiger charge is 2.46. The molecular weight excluding hydrogens is 369 g/mol. The van der Waals surface area contributed by atoms with E-state index in [-0.39, 0.29) is 23.2 Å². The van der Waals surface area contributed by atoms with Gasteiger partial charge < -0.3 is 15.6 Å². The number of H-pyrrole nitrogens is 1. The zero-order chi connectivity index (χ0) is 20.3. The van der Waals surface area contributed by atoms with Gasteiger partial charge in [-0.2, -0.15) is 0 Å². The quantitative estimate of drug-likeness (QED) is 0.780. The van der Waals surface area contributed by atoms with Crippen LogP contribution in [0.15, 0.2) is 18.7 Å². The maximum atomic E-state index is 15.4. The number of hydrogen-bond donors (Lipinski definition) is 2. The molecule has 5 nitrogen and oxygen atoms in total. The zero-order valence-electron chi connectivity index (χ0n) is 16.5. The Morgan fingerprint density at radius 2 is 2.14 bits per heavy atom. The Morgan fingerprint density at radius 3 is 2.83 bits per heavy atom. The molecule has 29 heavy (non-hydrogen) atoms. The number of piperidine rings is 1. The topological polar surface area (TPSA) is 79.2 Å². The first-order chi connectivity index (χ1) is 13.9. The van der Waals surface area contributed by atoms with Gasteiger partial charge in [0.15, 0.2) is 0 Å². The van der Waals surface area contributed by atoms with Gasteiger partial charge in [0.05, 0.1) is 11.1 Å². The van der Waals surface area contributed by atoms with Crippen molar-refractivity contribution in [1.82, 2.24) is 9.88 Å². The highest BCUT2D eigenvalue weighted by molar-refractivity contribution is 6.07. The van der Waals surface area contributed by atoms with Gasteiger partial charge in [0.1, 0.15) is 5.82 Å². The molecule has 2 fully saturated rings. The molecule has 3 aliphatic rings. The van der Waals surface area contributed by atoms with Gasteiger partial charge >= 0.3 is 0 Å². The predicted molar refractivity (Wildman–Crippen MR) is 109 cm³/mol. The van der Waals surface area contributed by atoms with Crippen molar-refractivity contribution in [2.24, 2.45) is 11.1 Å². The van der Waals surface area contributed by atoms with E-state index in [2.05, 4.69) is 11.6 Å². The van der Waals surface area contributed by atoms with Crippen LogP contribution >= 0.6 is 0 Å². The number of carbonyl (C=O) groups excluding carboxylic acids is 2. The van der Waals surface area contributed by atoms with Crippen LogP contribution in [0.4, 0.5) is 4.39 Å². The second-order valence-corrected chi connectivity index (χ2v) is 9.02. The standard InChI is InChI=1S/C23H26FN3O2/c1-2-18(28)27-9-3-4-13(12-27)19-16(24)10-14(22(25)29)21-20(19)15-11-23(7-8-23)6-5-17(15)26-21/h2,10,13,26H,1,3-9,11-12H2,(H2,25,29)/t13-/m1/s1. The third kappa shape index (κ3) is 2.88. The number of nitrogens with two attached hydrogens (primary N) is 1. The lowest BCUT2D eigenvalue weighted by atomic mass is 9.80. The number of fused-ring (bicyclic) bond motifs is 3. The van der Waals surface area contributed by atoms with E-state index in [0.29, 0.717) is 29.6 Å². The maximum absolute atomic E-state index is 15.4. The number of nitrogens with one attached hydrogen (secondary N) is 1. The van der Waals surface area contributed by atoms with E-state index in [1.807, 2.05) is 0 Å². The maximum Gasteiger partial charge on any atom is 0.250 e. The first kappa shape index (κ1) is 18.4. The Morgan fingerprint density at radius 1 is 1.34 bits per heavy atom. The summed E-state index contributed by atoms with van der Waals surface area (Å²) in [5, 5.41) is 0.845. The molecule has 2 aliphatic carbocycles. The smallest absolute Gasteiger partial charge is 0.250 e. The number of nitrogens with zero attached hydrogens (tertiary/aromatic N) is 1. The normalized spacial score (nSPS) is 22.5. The van der Waals surface area contributed by atoms with Crippen LogP contribution in [-0.4, -0.2) is 34.8 Å². The van der Waals surface area contributed by atoms with Crippen LogP contribution in [0.2, 0.25) is 0 Å². The largest absolute Gasteiger partial charge is 0.366 e. The molecule has 1 saturated heterocycles. The number of aromatic amines is 1. The molecule has 3 N–H and O–H groups in total. The minimum absolute atomic E-state index is 0.103. The number of primary amides is 1. The fraction of sp³-hybridized carbons (Fsp3) is 0.478. The van der Waals surface area contributed by atoms with E-state index in [9.17, 15) is 9.59 Å². The summed E-state index contributed by atoms with van der Waals surface area (Å²) in [5.41, 5.74) is 9.75. The fourth-order valence-electron chi connectivity index (χ4n) is 5.49. The number of amides is 2. The molecule has 1 atom stereocenters. The zero-order valence-corrected chi connectivity index (χ0v) is 16.5. The predicted octanol–water partition coefficient (Wildman–Crippen LogP) is 3.57. The summed E-state index contributed by atoms with van der Waals surface area (Å²) >= 11 is 0. The number of halogens is 1. The van der Waals surface area contributed by atoms with Gasteiger partial charge in [-0.15, -0.1) is 0 Å². The molecule has 1 aromatic carbocycles. The summed E-state index contributed by atoms with van der Waals surface area (Å²) in [6.07, 6.45) is 8.39. The molecular formula is C23H26FN3O2. The number of likely N-dealkylation sites (tertiary alicyclic amines) is 1. The lowest BCUT2D eigenvalue weighted by Gasteiger charge is -2.33. The number of carbonyl (C=O) groups is 2. The van der Waals surface area contributed by atoms with Crippen LogP contribution in [0.25, 0.3) is 10.9 Å². The fourth-order valence-corrected chi connectivity index (χ4v) is 5.49. The molecule has 0 radical (unpaired) electrons. The third-order valence-corrected chi connectivity index (χ3v) is 7.25. The van der Waals surface area contributed by atoms with Gasteiger partial charge in [-0.05, 0) is 68.1 Å². The van der Waals surface area contributed by atoms with Crippen molar-refractivity contribution >= 4 is 22.7 Å². The van der Waals surface area contributed by atoms with Crippen molar-refractivity contribution in [3.05, 3.63) is 46.9 Å². The molecule has 1 saturated carbocycles. The Kier molecular flexibility index (Phi) is 4.09. The number of benzene rings is 1. The monoisotopic (exact) mass is 395 g/mol. The lowest BCUT2D eigenvalue weighted by molar-refractivity contribution is -0.127. The molecule has 152 valence electrons. The second kappa shape index (κ2) is 6.44. The summed E-state index contributed by atoms with van der Waals surface area (Å²) in [7, 11) is 0. The molecule has 2 amide bonds. The van der Waals surface area contributed by atoms with Gasteiger partial charge in [-0.3, -0.25) is 9.59 Å². The Hall–Kier alpha value is -2.63. The molecule has 0 unspecified atom stereocenters. The molecule has 1 aliphatic heterocycles. The van der Waals surface area contributed by atoms with Gasteiger partial charge in [0.25, 0.3) is 5.91 Å². The van der Waals surface area contributed by atoms with Crippen molar-refractivity contribution in [3.8, 4) is 0 Å². The molecule has 5 rings (SSSR count). The molecule has 1 spiro atoms. The molecule has 6 heteroatoms. The summed E-state index contributed by atoms with van der Waals surface area (Å²) in [4.78, 5) is 29.4. The van der Waals surface area contributed by atoms with E-state index in [4.69, 9.17) is 5.73 Å². The van der Waals surface area contributed by atoms with Crippen LogP contribution in [0.1, 0.15) is 65.2 Å². The molecule has 1 aromatic heterocycles. The lowest BCUT2D eigenvalue weighted by Crippen LogP contribution is -2.38. The number of aryl methyl sites for hydroxylation is 1. The Bertz CT molecular complexity index is 1050. The van der Waals surface area contributed by atoms with Gasteiger partial charge in [-0.1, -0.05) is 6.58 Å². The summed E-state index contributed by atoms with van der Waals surface area (Å²) < 4.78 is 15.4. The van der Waals surface area contributed by atoms with Crippen LogP contribution in [0.5, 0.6) is 0 Å². The SMILES string of the molecule is C=CC(=O)N1CCC[C@@H](c2c(F)cc(C(N)=O)c3[nH]c4c(c23)CC2(CC4)CC2)C1. The van der Waals surface area contributed by atoms with Gasteiger partial charge in [0.2, 0.25) is 5.91 Å². The van der Waals surface area contributed by atoms with Crippen LogP contribution in [0.3, 0.4) is 0 Å². The van der Waals surface area contributed by atoms with E-state index in [0.717, 1.165) is 48.7 Å². The van der Waals surface area contributed by atoms with Crippen molar-refractivity contribution in [2.45, 2.75) is 50.9 Å². The Labute approximate surface area is 169 Å². The first-order valence-electron chi connectivity index (χ1n) is 10.5. The van der Waals surface area contributed by atoms with Crippen LogP contribution in [-0.2, 0) is 17.6 Å². The highest BCUT2D eigenvalue weighted by Crippen LogP contribution is 2.56. The minimum Gasteiger partial charge on any atom is -0.366 e. The van der Waals surface area contributed by atoms with Crippen molar-refractivity contribution in [3.63, 3.8) is 0 Å². The molecule has 0 bridgehead atoms. The number of rotatable bonds is 3. The number of hydrogen-bond acceptors (Lipinski definition) is 2. The molecule has 2 aromatic rings. The second-order valence-electron chi connectivity index (χ2n) is 9.02. The highest BCUT2D eigenvalue weighted by atomic mass is 19.1. The van der Waals surface area contributed by atoms with Crippen LogP contribution < -0.4 is 5.73 Å². The average molecular weight is 395 g/mol. The number of aromatic nitrogens is 1. The average Bonchev–Trinajstić information content (AvgIpc) is 3.37. The van der Waals surface area contributed by atoms with E-state index < -0.39 is 5.91 Å². The summed E-state index contributed by atoms with van der Waals surface area (Å²) in [6.45, 7) is 4.72. The van der Waals surface area contributed by atoms with E-state index in [1.54, 1.807) is 4.90 Å². The van der Waals surface area contributed by atoms with Gasteiger partial charge in [-0.25, -0.2) is 4.39 Å².